The molecule has 26 heavy (non-hydrogen) atoms. The summed E-state index contributed by atoms with van der Waals surface area (Å²) in [5.41, 5.74) is 0.976. The predicted octanol–water partition coefficient (Wildman–Crippen LogP) is 2.82. The Labute approximate surface area is 175 Å². The van der Waals surface area contributed by atoms with Crippen LogP contribution in [-0.2, 0) is 21.1 Å². The molecule has 0 heterocycles. The zero-order chi connectivity index (χ0) is 19.1. The number of nitrogens with zero attached hydrogens (tertiary/aromatic N) is 1. The van der Waals surface area contributed by atoms with Crippen molar-refractivity contribution < 1.29 is 13.2 Å². The fourth-order valence-corrected chi connectivity index (χ4v) is 2.92. The lowest BCUT2D eigenvalue weighted by atomic mass is 9.89. The number of rotatable bonds is 7. The van der Waals surface area contributed by atoms with Crippen molar-refractivity contribution in [3.8, 4) is 0 Å². The number of hydrogen-bond acceptors (Lipinski definition) is 4. The van der Waals surface area contributed by atoms with Gasteiger partial charge in [-0.15, -0.1) is 24.0 Å². The van der Waals surface area contributed by atoms with Gasteiger partial charge in [-0.2, -0.15) is 0 Å². The van der Waals surface area contributed by atoms with Gasteiger partial charge in [0, 0.05) is 26.5 Å². The molecule has 0 aliphatic heterocycles. The van der Waals surface area contributed by atoms with Crippen LogP contribution in [0.5, 0.6) is 0 Å². The summed E-state index contributed by atoms with van der Waals surface area (Å²) in [5, 5.41) is 6.51. The lowest BCUT2D eigenvalue weighted by molar-refractivity contribution is 0.0205. The lowest BCUT2D eigenvalue weighted by Gasteiger charge is -2.30. The zero-order valence-electron chi connectivity index (χ0n) is 16.5. The topological polar surface area (TPSA) is 79.8 Å². The minimum Gasteiger partial charge on any atom is -0.379 e. The lowest BCUT2D eigenvalue weighted by Crippen LogP contribution is -2.45. The highest BCUT2D eigenvalue weighted by Crippen LogP contribution is 2.20. The third-order valence-corrected chi connectivity index (χ3v) is 4.95. The maximum atomic E-state index is 11.5. The molecule has 150 valence electrons. The Kier molecular flexibility index (Phi) is 10.7. The monoisotopic (exact) mass is 497 g/mol. The number of halogens is 1. The number of methoxy groups -OCH3 is 1. The first-order valence-electron chi connectivity index (χ1n) is 8.42. The number of aliphatic imine (C=N–C) groups is 1. The van der Waals surface area contributed by atoms with Crippen LogP contribution in [0.15, 0.2) is 34.2 Å². The van der Waals surface area contributed by atoms with E-state index in [4.69, 9.17) is 4.74 Å². The van der Waals surface area contributed by atoms with Crippen molar-refractivity contribution in [2.45, 2.75) is 45.2 Å². The number of ether oxygens (including phenoxy) is 1. The molecule has 0 spiro atoms. The molecular weight excluding hydrogens is 465 g/mol. The summed E-state index contributed by atoms with van der Waals surface area (Å²) in [6.07, 6.45) is 1.26. The van der Waals surface area contributed by atoms with Crippen LogP contribution in [-0.4, -0.2) is 46.9 Å². The molecule has 1 aromatic carbocycles. The molecule has 1 aromatic rings. The average molecular weight is 497 g/mol. The molecule has 8 heteroatoms. The maximum Gasteiger partial charge on any atom is 0.191 e. The van der Waals surface area contributed by atoms with Gasteiger partial charge < -0.3 is 15.4 Å². The zero-order valence-corrected chi connectivity index (χ0v) is 19.6. The van der Waals surface area contributed by atoms with Gasteiger partial charge in [-0.05, 0) is 30.0 Å². The van der Waals surface area contributed by atoms with E-state index in [-0.39, 0.29) is 35.5 Å². The molecule has 0 saturated carbocycles. The van der Waals surface area contributed by atoms with Gasteiger partial charge in [0.05, 0.1) is 17.5 Å². The quantitative estimate of drug-likeness (QED) is 0.344. The Morgan fingerprint density at radius 1 is 1.19 bits per heavy atom. The molecule has 0 aromatic heterocycles. The van der Waals surface area contributed by atoms with E-state index in [9.17, 15) is 8.42 Å². The van der Waals surface area contributed by atoms with Gasteiger partial charge in [0.15, 0.2) is 15.8 Å². The SMILES string of the molecule is CCNC(=NCc1ccc(S(C)(=O)=O)cc1)NCC(OC)C(C)(C)C.I. The van der Waals surface area contributed by atoms with Crippen molar-refractivity contribution in [3.63, 3.8) is 0 Å². The first-order valence-corrected chi connectivity index (χ1v) is 10.3. The largest absolute Gasteiger partial charge is 0.379 e. The number of sulfone groups is 1. The third kappa shape index (κ3) is 8.68. The van der Waals surface area contributed by atoms with Crippen molar-refractivity contribution in [1.29, 1.82) is 0 Å². The summed E-state index contributed by atoms with van der Waals surface area (Å²) < 4.78 is 28.5. The summed E-state index contributed by atoms with van der Waals surface area (Å²) in [6, 6.07) is 6.80. The number of benzene rings is 1. The molecule has 0 amide bonds. The number of nitrogens with one attached hydrogen (secondary N) is 2. The Morgan fingerprint density at radius 3 is 2.19 bits per heavy atom. The second-order valence-electron chi connectivity index (χ2n) is 7.08. The molecule has 0 aliphatic rings. The smallest absolute Gasteiger partial charge is 0.191 e. The molecule has 0 aliphatic carbocycles. The van der Waals surface area contributed by atoms with Crippen LogP contribution in [0.3, 0.4) is 0 Å². The van der Waals surface area contributed by atoms with E-state index in [1.54, 1.807) is 31.4 Å². The highest BCUT2D eigenvalue weighted by molar-refractivity contribution is 14.0. The Hall–Kier alpha value is -0.870. The van der Waals surface area contributed by atoms with Crippen molar-refractivity contribution in [2.24, 2.45) is 10.4 Å². The van der Waals surface area contributed by atoms with Crippen molar-refractivity contribution in [1.82, 2.24) is 10.6 Å². The molecule has 1 atom stereocenters. The van der Waals surface area contributed by atoms with Gasteiger partial charge in [-0.1, -0.05) is 32.9 Å². The first-order chi connectivity index (χ1) is 11.6. The van der Waals surface area contributed by atoms with Crippen LogP contribution in [0.4, 0.5) is 0 Å². The van der Waals surface area contributed by atoms with Gasteiger partial charge in [0.1, 0.15) is 0 Å². The Balaban J connectivity index is 0.00000625. The van der Waals surface area contributed by atoms with Crippen LogP contribution >= 0.6 is 24.0 Å². The third-order valence-electron chi connectivity index (χ3n) is 3.82. The minimum absolute atomic E-state index is 0. The van der Waals surface area contributed by atoms with E-state index in [1.165, 1.54) is 6.26 Å². The van der Waals surface area contributed by atoms with Crippen molar-refractivity contribution >= 4 is 39.8 Å². The van der Waals surface area contributed by atoms with E-state index in [2.05, 4.69) is 36.4 Å². The fourth-order valence-electron chi connectivity index (χ4n) is 2.29. The summed E-state index contributed by atoms with van der Waals surface area (Å²) in [6.45, 7) is 10.3. The predicted molar refractivity (Wildman–Crippen MR) is 118 cm³/mol. The number of guanidine groups is 1. The minimum atomic E-state index is -3.17. The highest BCUT2D eigenvalue weighted by Gasteiger charge is 2.24. The molecular formula is C18H32IN3O3S. The van der Waals surface area contributed by atoms with Crippen molar-refractivity contribution in [2.75, 3.05) is 26.5 Å². The van der Waals surface area contributed by atoms with Gasteiger partial charge >= 0.3 is 0 Å². The van der Waals surface area contributed by atoms with E-state index >= 15 is 0 Å². The van der Waals surface area contributed by atoms with Gasteiger partial charge in [-0.3, -0.25) is 0 Å². The van der Waals surface area contributed by atoms with Crippen LogP contribution < -0.4 is 10.6 Å². The molecule has 1 unspecified atom stereocenters. The number of hydrogen-bond donors (Lipinski definition) is 2. The second kappa shape index (κ2) is 11.1. The van der Waals surface area contributed by atoms with E-state index < -0.39 is 9.84 Å². The van der Waals surface area contributed by atoms with Gasteiger partial charge in [0.2, 0.25) is 0 Å². The normalized spacial score (nSPS) is 13.7. The Bertz CT molecular complexity index is 668. The highest BCUT2D eigenvalue weighted by atomic mass is 127. The molecule has 0 radical (unpaired) electrons. The van der Waals surface area contributed by atoms with Crippen LogP contribution in [0.1, 0.15) is 33.3 Å². The molecule has 0 bridgehead atoms. The van der Waals surface area contributed by atoms with E-state index in [1.807, 2.05) is 6.92 Å². The van der Waals surface area contributed by atoms with E-state index in [0.29, 0.717) is 23.9 Å². The van der Waals surface area contributed by atoms with Crippen LogP contribution in [0, 0.1) is 5.41 Å². The summed E-state index contributed by atoms with van der Waals surface area (Å²) in [7, 11) is -1.46. The van der Waals surface area contributed by atoms with E-state index in [0.717, 1.165) is 12.1 Å². The Morgan fingerprint density at radius 2 is 1.77 bits per heavy atom. The summed E-state index contributed by atoms with van der Waals surface area (Å²) in [5.74, 6) is 0.709. The van der Waals surface area contributed by atoms with Gasteiger partial charge in [0.25, 0.3) is 0 Å². The summed E-state index contributed by atoms with van der Waals surface area (Å²) >= 11 is 0. The molecule has 1 rings (SSSR count). The maximum absolute atomic E-state index is 11.5. The van der Waals surface area contributed by atoms with Crippen molar-refractivity contribution in [3.05, 3.63) is 29.8 Å². The first kappa shape index (κ1) is 25.1. The standard InChI is InChI=1S/C18H31N3O3S.HI/c1-7-19-17(21-13-16(24-5)18(2,3)4)20-12-14-8-10-15(11-9-14)25(6,22)23;/h8-11,16H,7,12-13H2,1-6H3,(H2,19,20,21);1H. The molecule has 2 N–H and O–H groups in total. The summed E-state index contributed by atoms with van der Waals surface area (Å²) in [4.78, 5) is 4.87. The van der Waals surface area contributed by atoms with Crippen LogP contribution in [0.2, 0.25) is 0 Å². The molecule has 0 fully saturated rings. The average Bonchev–Trinajstić information content (AvgIpc) is 2.51. The second-order valence-corrected chi connectivity index (χ2v) is 9.10. The fraction of sp³-hybridized carbons (Fsp3) is 0.611. The molecule has 6 nitrogen and oxygen atoms in total. The molecule has 0 saturated heterocycles. The van der Waals surface area contributed by atoms with Gasteiger partial charge in [-0.25, -0.2) is 13.4 Å². The van der Waals surface area contributed by atoms with Crippen LogP contribution in [0.25, 0.3) is 0 Å².